The third-order valence-electron chi connectivity index (χ3n) is 2.53. The van der Waals surface area contributed by atoms with Gasteiger partial charge in [0.25, 0.3) is 5.69 Å². The maximum Gasteiger partial charge on any atom is 0.407 e. The van der Waals surface area contributed by atoms with Crippen LogP contribution in [0, 0.1) is 21.7 Å². The fourth-order valence-electron chi connectivity index (χ4n) is 1.62. The highest BCUT2D eigenvalue weighted by Gasteiger charge is 2.24. The Kier molecular flexibility index (Phi) is 5.37. The van der Waals surface area contributed by atoms with Gasteiger partial charge in [0, 0.05) is 6.54 Å². The molecule has 0 aliphatic rings. The van der Waals surface area contributed by atoms with E-state index in [1.54, 1.807) is 20.8 Å². The van der Waals surface area contributed by atoms with Crippen molar-refractivity contribution in [2.45, 2.75) is 32.4 Å². The summed E-state index contributed by atoms with van der Waals surface area (Å²) in [6, 6.07) is 0.00965. The zero-order valence-electron chi connectivity index (χ0n) is 12.4. The van der Waals surface area contributed by atoms with Gasteiger partial charge in [-0.15, -0.1) is 0 Å². The second-order valence-electron chi connectivity index (χ2n) is 5.57. The summed E-state index contributed by atoms with van der Waals surface area (Å²) >= 11 is 0. The van der Waals surface area contributed by atoms with E-state index in [0.717, 1.165) is 0 Å². The maximum absolute atomic E-state index is 13.2. The number of benzene rings is 1. The van der Waals surface area contributed by atoms with Crippen LogP contribution in [0.3, 0.4) is 0 Å². The molecule has 0 saturated heterocycles. The maximum atomic E-state index is 13.2. The Hall–Kier alpha value is -2.29. The summed E-state index contributed by atoms with van der Waals surface area (Å²) in [6.07, 6.45) is -0.770. The number of carbonyl (C=O) groups excluding carboxylic acids is 1. The monoisotopic (exact) mass is 317 g/mol. The smallest absolute Gasteiger partial charge is 0.407 e. The predicted octanol–water partition coefficient (Wildman–Crippen LogP) is 2.40. The number of halogens is 2. The number of nitrogens with zero attached hydrogens (tertiary/aromatic N) is 1. The summed E-state index contributed by atoms with van der Waals surface area (Å²) in [6.45, 7) is 4.74. The van der Waals surface area contributed by atoms with Crippen molar-refractivity contribution in [1.29, 1.82) is 0 Å². The number of rotatable bonds is 4. The number of nitro benzene ring substituents is 1. The molecule has 1 aromatic carbocycles. The molecule has 1 amide bonds. The molecule has 1 atom stereocenters. The summed E-state index contributed by atoms with van der Waals surface area (Å²) < 4.78 is 31.3. The number of alkyl carbamates (subject to hydrolysis) is 1. The highest BCUT2D eigenvalue weighted by molar-refractivity contribution is 5.67. The van der Waals surface area contributed by atoms with E-state index in [9.17, 15) is 23.7 Å². The van der Waals surface area contributed by atoms with Crippen molar-refractivity contribution >= 4 is 11.8 Å². The molecule has 0 saturated carbocycles. The summed E-state index contributed by atoms with van der Waals surface area (Å²) in [5.74, 6) is -2.60. The van der Waals surface area contributed by atoms with Gasteiger partial charge >= 0.3 is 6.09 Å². The average molecular weight is 317 g/mol. The van der Waals surface area contributed by atoms with Crippen molar-refractivity contribution in [3.05, 3.63) is 39.4 Å². The molecule has 3 N–H and O–H groups in total. The van der Waals surface area contributed by atoms with Crippen molar-refractivity contribution in [3.8, 4) is 0 Å². The molecule has 9 heteroatoms. The highest BCUT2D eigenvalue weighted by atomic mass is 19.2. The van der Waals surface area contributed by atoms with Gasteiger partial charge in [0.15, 0.2) is 11.6 Å². The van der Waals surface area contributed by atoms with Gasteiger partial charge < -0.3 is 15.8 Å². The number of amides is 1. The number of nitro groups is 1. The molecule has 0 aliphatic carbocycles. The molecule has 0 aromatic heterocycles. The molecule has 122 valence electrons. The van der Waals surface area contributed by atoms with Crippen LogP contribution in [0.1, 0.15) is 32.4 Å². The van der Waals surface area contributed by atoms with Gasteiger partial charge in [-0.25, -0.2) is 13.6 Å². The van der Waals surface area contributed by atoms with Crippen molar-refractivity contribution in [3.63, 3.8) is 0 Å². The molecule has 22 heavy (non-hydrogen) atoms. The Bertz CT molecular complexity index is 587. The zero-order chi connectivity index (χ0) is 17.1. The normalized spacial score (nSPS) is 12.6. The number of ether oxygens (including phenoxy) is 1. The lowest BCUT2D eigenvalue weighted by Crippen LogP contribution is -2.36. The van der Waals surface area contributed by atoms with Crippen LogP contribution in [0.4, 0.5) is 19.3 Å². The van der Waals surface area contributed by atoms with Crippen molar-refractivity contribution in [2.24, 2.45) is 5.73 Å². The molecular weight excluding hydrogens is 300 g/mol. The molecule has 0 bridgehead atoms. The minimum absolute atomic E-state index is 0.222. The third kappa shape index (κ3) is 4.92. The van der Waals surface area contributed by atoms with Crippen LogP contribution in [0.2, 0.25) is 0 Å². The lowest BCUT2D eigenvalue weighted by Gasteiger charge is -2.21. The number of hydrogen-bond acceptors (Lipinski definition) is 5. The van der Waals surface area contributed by atoms with Crippen molar-refractivity contribution in [1.82, 2.24) is 5.32 Å². The second kappa shape index (κ2) is 6.65. The molecule has 1 unspecified atom stereocenters. The van der Waals surface area contributed by atoms with E-state index in [-0.39, 0.29) is 12.1 Å². The van der Waals surface area contributed by atoms with E-state index in [4.69, 9.17) is 10.5 Å². The highest BCUT2D eigenvalue weighted by Crippen LogP contribution is 2.26. The minimum atomic E-state index is -1.34. The van der Waals surface area contributed by atoms with E-state index in [2.05, 4.69) is 5.32 Å². The lowest BCUT2D eigenvalue weighted by molar-refractivity contribution is -0.386. The molecule has 0 radical (unpaired) electrons. The Labute approximate surface area is 125 Å². The lowest BCUT2D eigenvalue weighted by atomic mass is 10.0. The van der Waals surface area contributed by atoms with E-state index >= 15 is 0 Å². The molecule has 0 fully saturated rings. The van der Waals surface area contributed by atoms with Crippen molar-refractivity contribution in [2.75, 3.05) is 6.54 Å². The van der Waals surface area contributed by atoms with Crippen LogP contribution < -0.4 is 11.1 Å². The van der Waals surface area contributed by atoms with Gasteiger partial charge in [0.2, 0.25) is 0 Å². The van der Waals surface area contributed by atoms with E-state index in [0.29, 0.717) is 12.1 Å². The first-order valence-corrected chi connectivity index (χ1v) is 6.37. The van der Waals surface area contributed by atoms with E-state index < -0.39 is 40.0 Å². The van der Waals surface area contributed by atoms with Gasteiger partial charge in [-0.1, -0.05) is 0 Å². The average Bonchev–Trinajstić information content (AvgIpc) is 2.36. The molecule has 0 aliphatic heterocycles. The Balaban J connectivity index is 2.85. The van der Waals surface area contributed by atoms with Gasteiger partial charge in [0.05, 0.1) is 22.6 Å². The summed E-state index contributed by atoms with van der Waals surface area (Å²) in [5, 5.41) is 13.2. The molecule has 0 spiro atoms. The summed E-state index contributed by atoms with van der Waals surface area (Å²) in [5.41, 5.74) is 4.10. The molecular formula is C13H17F2N3O4. The number of carbonyl (C=O) groups is 1. The quantitative estimate of drug-likeness (QED) is 0.655. The summed E-state index contributed by atoms with van der Waals surface area (Å²) in [7, 11) is 0. The largest absolute Gasteiger partial charge is 0.444 e. The number of hydrogen-bond donors (Lipinski definition) is 2. The molecule has 1 aromatic rings. The minimum Gasteiger partial charge on any atom is -0.444 e. The van der Waals surface area contributed by atoms with Crippen LogP contribution in [0.25, 0.3) is 0 Å². The second-order valence-corrected chi connectivity index (χ2v) is 5.57. The predicted molar refractivity (Wildman–Crippen MR) is 74.2 cm³/mol. The topological polar surface area (TPSA) is 107 Å². The van der Waals surface area contributed by atoms with E-state index in [1.165, 1.54) is 0 Å². The first-order chi connectivity index (χ1) is 10.0. The number of nitrogens with one attached hydrogen (secondary N) is 1. The van der Waals surface area contributed by atoms with Gasteiger partial charge in [-0.05, 0) is 26.8 Å². The van der Waals surface area contributed by atoms with Gasteiger partial charge in [0.1, 0.15) is 5.60 Å². The summed E-state index contributed by atoms with van der Waals surface area (Å²) in [4.78, 5) is 21.5. The zero-order valence-corrected chi connectivity index (χ0v) is 12.4. The molecule has 1 rings (SSSR count). The van der Waals surface area contributed by atoms with Crippen LogP contribution >= 0.6 is 0 Å². The van der Waals surface area contributed by atoms with E-state index in [1.807, 2.05) is 0 Å². The Morgan fingerprint density at radius 3 is 2.45 bits per heavy atom. The van der Waals surface area contributed by atoms with Gasteiger partial charge in [-0.3, -0.25) is 10.1 Å². The molecule has 7 nitrogen and oxygen atoms in total. The fourth-order valence-corrected chi connectivity index (χ4v) is 1.62. The number of nitrogens with two attached hydrogens (primary N) is 1. The van der Waals surface area contributed by atoms with Crippen LogP contribution in [0.15, 0.2) is 12.1 Å². The van der Waals surface area contributed by atoms with Crippen LogP contribution in [-0.2, 0) is 4.74 Å². The standard InChI is InChI=1S/C13H17F2N3O4/c1-13(2,3)22-12(19)17-6-10(16)7-4-8(14)9(15)5-11(7)18(20)21/h4-5,10H,6,16H2,1-3H3,(H,17,19). The Morgan fingerprint density at radius 2 is 1.95 bits per heavy atom. The van der Waals surface area contributed by atoms with Crippen molar-refractivity contribution < 1.29 is 23.2 Å². The van der Waals surface area contributed by atoms with Crippen LogP contribution in [0.5, 0.6) is 0 Å². The Morgan fingerprint density at radius 1 is 1.41 bits per heavy atom. The SMILES string of the molecule is CC(C)(C)OC(=O)NCC(N)c1cc(F)c(F)cc1[N+](=O)[O-]. The first kappa shape index (κ1) is 17.8. The fraction of sp³-hybridized carbons (Fsp3) is 0.462. The third-order valence-corrected chi connectivity index (χ3v) is 2.53. The van der Waals surface area contributed by atoms with Crippen LogP contribution in [-0.4, -0.2) is 23.2 Å². The first-order valence-electron chi connectivity index (χ1n) is 6.37. The van der Waals surface area contributed by atoms with Gasteiger partial charge in [-0.2, -0.15) is 0 Å². The molecule has 0 heterocycles.